The summed E-state index contributed by atoms with van der Waals surface area (Å²) in [7, 11) is 0. The third-order valence-corrected chi connectivity index (χ3v) is 3.56. The molecule has 0 fully saturated rings. The van der Waals surface area contributed by atoms with Gasteiger partial charge in [0.25, 0.3) is 0 Å². The molecule has 4 heteroatoms. The van der Waals surface area contributed by atoms with Gasteiger partial charge < -0.3 is 10.0 Å². The Morgan fingerprint density at radius 1 is 1.33 bits per heavy atom. The van der Waals surface area contributed by atoms with E-state index in [2.05, 4.69) is 13.0 Å². The quantitative estimate of drug-likeness (QED) is 0.704. The fourth-order valence-corrected chi connectivity index (χ4v) is 2.29. The zero-order chi connectivity index (χ0) is 15.7. The first-order valence-electron chi connectivity index (χ1n) is 7.57. The molecule has 0 amide bonds. The number of hydrogen-bond donors (Lipinski definition) is 1. The van der Waals surface area contributed by atoms with Crippen LogP contribution in [-0.2, 0) is 4.79 Å². The summed E-state index contributed by atoms with van der Waals surface area (Å²) in [4.78, 5) is 13.1. The second-order valence-corrected chi connectivity index (χ2v) is 5.37. The monoisotopic (exact) mass is 288 g/mol. The van der Waals surface area contributed by atoms with Crippen molar-refractivity contribution in [3.8, 4) is 6.07 Å². The summed E-state index contributed by atoms with van der Waals surface area (Å²) >= 11 is 0. The van der Waals surface area contributed by atoms with Crippen LogP contribution in [0.4, 0.5) is 5.69 Å². The molecule has 0 aliphatic carbocycles. The minimum absolute atomic E-state index is 0.431. The normalized spacial score (nSPS) is 11.7. The Kier molecular flexibility index (Phi) is 7.31. The van der Waals surface area contributed by atoms with Gasteiger partial charge in [0.1, 0.15) is 6.07 Å². The zero-order valence-electron chi connectivity index (χ0n) is 12.9. The van der Waals surface area contributed by atoms with Crippen molar-refractivity contribution in [1.29, 1.82) is 5.26 Å². The third-order valence-electron chi connectivity index (χ3n) is 3.56. The van der Waals surface area contributed by atoms with Crippen molar-refractivity contribution in [3.05, 3.63) is 29.8 Å². The molecule has 21 heavy (non-hydrogen) atoms. The first kappa shape index (κ1) is 17.0. The number of unbranched alkanes of at least 4 members (excludes halogenated alkanes) is 3. The lowest BCUT2D eigenvalue weighted by molar-refractivity contribution is -0.140. The van der Waals surface area contributed by atoms with Gasteiger partial charge in [-0.3, -0.25) is 4.79 Å². The molecule has 1 aromatic carbocycles. The van der Waals surface area contributed by atoms with Crippen molar-refractivity contribution in [3.63, 3.8) is 0 Å². The Labute approximate surface area is 127 Å². The maximum atomic E-state index is 11.1. The Morgan fingerprint density at radius 3 is 2.67 bits per heavy atom. The van der Waals surface area contributed by atoms with Gasteiger partial charge in [-0.2, -0.15) is 5.26 Å². The molecule has 1 aromatic rings. The number of carboxylic acid groups (broad SMARTS) is 1. The van der Waals surface area contributed by atoms with E-state index in [0.29, 0.717) is 12.1 Å². The molecule has 0 aliphatic rings. The van der Waals surface area contributed by atoms with Gasteiger partial charge in [-0.1, -0.05) is 45.2 Å². The predicted molar refractivity (Wildman–Crippen MR) is 84.3 cm³/mol. The van der Waals surface area contributed by atoms with Crippen LogP contribution in [0.5, 0.6) is 0 Å². The van der Waals surface area contributed by atoms with Gasteiger partial charge in [-0.05, 0) is 18.6 Å². The first-order valence-corrected chi connectivity index (χ1v) is 7.57. The van der Waals surface area contributed by atoms with Gasteiger partial charge in [-0.25, -0.2) is 0 Å². The first-order chi connectivity index (χ1) is 10.1. The highest BCUT2D eigenvalue weighted by atomic mass is 16.4. The summed E-state index contributed by atoms with van der Waals surface area (Å²) < 4.78 is 0. The van der Waals surface area contributed by atoms with Crippen LogP contribution in [0, 0.1) is 17.2 Å². The van der Waals surface area contributed by atoms with E-state index in [9.17, 15) is 10.1 Å². The number of benzene rings is 1. The summed E-state index contributed by atoms with van der Waals surface area (Å²) in [5.74, 6) is -1.26. The SMILES string of the molecule is CCCCCCN(CC(C)C(=O)O)c1ccccc1C#N. The maximum Gasteiger partial charge on any atom is 0.308 e. The Hall–Kier alpha value is -2.02. The predicted octanol–water partition coefficient (Wildman–Crippen LogP) is 3.67. The van der Waals surface area contributed by atoms with E-state index in [0.717, 1.165) is 25.1 Å². The summed E-state index contributed by atoms with van der Waals surface area (Å²) in [6.07, 6.45) is 4.49. The number of nitrogens with zero attached hydrogens (tertiary/aromatic N) is 2. The van der Waals surface area contributed by atoms with E-state index in [1.807, 2.05) is 23.1 Å². The fraction of sp³-hybridized carbons (Fsp3) is 0.529. The van der Waals surface area contributed by atoms with Crippen LogP contribution < -0.4 is 4.90 Å². The molecule has 0 radical (unpaired) electrons. The lowest BCUT2D eigenvalue weighted by Crippen LogP contribution is -2.33. The van der Waals surface area contributed by atoms with Crippen molar-refractivity contribution in [2.75, 3.05) is 18.0 Å². The van der Waals surface area contributed by atoms with Gasteiger partial charge in [0, 0.05) is 13.1 Å². The molecule has 1 atom stereocenters. The molecule has 0 heterocycles. The lowest BCUT2D eigenvalue weighted by atomic mass is 10.1. The number of carboxylic acids is 1. The van der Waals surface area contributed by atoms with E-state index in [1.165, 1.54) is 12.8 Å². The van der Waals surface area contributed by atoms with Gasteiger partial charge in [0.05, 0.1) is 17.2 Å². The van der Waals surface area contributed by atoms with Gasteiger partial charge in [-0.15, -0.1) is 0 Å². The van der Waals surface area contributed by atoms with Crippen LogP contribution in [0.25, 0.3) is 0 Å². The largest absolute Gasteiger partial charge is 0.481 e. The Balaban J connectivity index is 2.84. The summed E-state index contributed by atoms with van der Waals surface area (Å²) in [6.45, 7) is 5.09. The van der Waals surface area contributed by atoms with Crippen molar-refractivity contribution in [2.24, 2.45) is 5.92 Å². The molecule has 1 N–H and O–H groups in total. The van der Waals surface area contributed by atoms with Gasteiger partial charge in [0.15, 0.2) is 0 Å². The maximum absolute atomic E-state index is 11.1. The highest BCUT2D eigenvalue weighted by molar-refractivity contribution is 5.71. The molecule has 0 saturated carbocycles. The molecule has 1 rings (SSSR count). The van der Waals surface area contributed by atoms with Gasteiger partial charge in [0.2, 0.25) is 0 Å². The van der Waals surface area contributed by atoms with E-state index < -0.39 is 11.9 Å². The second-order valence-electron chi connectivity index (χ2n) is 5.37. The smallest absolute Gasteiger partial charge is 0.308 e. The number of rotatable bonds is 9. The number of nitriles is 1. The molecular weight excluding hydrogens is 264 g/mol. The van der Waals surface area contributed by atoms with Crippen LogP contribution in [0.15, 0.2) is 24.3 Å². The number of para-hydroxylation sites is 1. The average molecular weight is 288 g/mol. The molecule has 4 nitrogen and oxygen atoms in total. The molecule has 0 aliphatic heterocycles. The standard InChI is InChI=1S/C17H24N2O2/c1-3-4-5-8-11-19(13-14(2)17(20)21)16-10-7-6-9-15(16)12-18/h6-7,9-10,14H,3-5,8,11,13H2,1-2H3,(H,20,21). The average Bonchev–Trinajstić information content (AvgIpc) is 2.50. The van der Waals surface area contributed by atoms with Crippen molar-refractivity contribution >= 4 is 11.7 Å². The van der Waals surface area contributed by atoms with Crippen LogP contribution in [0.2, 0.25) is 0 Å². The van der Waals surface area contributed by atoms with Crippen molar-refractivity contribution in [1.82, 2.24) is 0 Å². The van der Waals surface area contributed by atoms with E-state index >= 15 is 0 Å². The summed E-state index contributed by atoms with van der Waals surface area (Å²) in [5, 5.41) is 18.3. The Bertz CT molecular complexity index is 494. The van der Waals surface area contributed by atoms with Crippen LogP contribution in [0.3, 0.4) is 0 Å². The van der Waals surface area contributed by atoms with Crippen molar-refractivity contribution < 1.29 is 9.90 Å². The molecule has 0 spiro atoms. The van der Waals surface area contributed by atoms with Gasteiger partial charge >= 0.3 is 5.97 Å². The Morgan fingerprint density at radius 2 is 2.05 bits per heavy atom. The number of anilines is 1. The molecule has 1 unspecified atom stereocenters. The molecule has 0 saturated heterocycles. The topological polar surface area (TPSA) is 64.3 Å². The molecular formula is C17H24N2O2. The fourth-order valence-electron chi connectivity index (χ4n) is 2.29. The molecule has 0 bridgehead atoms. The summed E-state index contributed by atoms with van der Waals surface area (Å²) in [6, 6.07) is 9.59. The summed E-state index contributed by atoms with van der Waals surface area (Å²) in [5.41, 5.74) is 1.44. The minimum Gasteiger partial charge on any atom is -0.481 e. The molecule has 0 aromatic heterocycles. The lowest BCUT2D eigenvalue weighted by Gasteiger charge is -2.27. The molecule has 114 valence electrons. The minimum atomic E-state index is -0.803. The number of carbonyl (C=O) groups is 1. The third kappa shape index (κ3) is 5.47. The van der Waals surface area contributed by atoms with E-state index in [4.69, 9.17) is 5.11 Å². The highest BCUT2D eigenvalue weighted by Crippen LogP contribution is 2.21. The van der Waals surface area contributed by atoms with E-state index in [1.54, 1.807) is 13.0 Å². The van der Waals surface area contributed by atoms with E-state index in [-0.39, 0.29) is 0 Å². The number of hydrogen-bond acceptors (Lipinski definition) is 3. The van der Waals surface area contributed by atoms with Crippen LogP contribution in [0.1, 0.15) is 45.1 Å². The second kappa shape index (κ2) is 9.02. The van der Waals surface area contributed by atoms with Crippen molar-refractivity contribution in [2.45, 2.75) is 39.5 Å². The van der Waals surface area contributed by atoms with Crippen LogP contribution >= 0.6 is 0 Å². The van der Waals surface area contributed by atoms with Crippen LogP contribution in [-0.4, -0.2) is 24.2 Å². The number of aliphatic carboxylic acids is 1. The zero-order valence-corrected chi connectivity index (χ0v) is 12.9. The highest BCUT2D eigenvalue weighted by Gasteiger charge is 2.18.